The second-order valence-electron chi connectivity index (χ2n) is 16.7. The number of nitrogens with zero attached hydrogens (tertiary/aromatic N) is 2. The second-order valence-corrected chi connectivity index (χ2v) is 19.4. The predicted molar refractivity (Wildman–Crippen MR) is 232 cm³/mol. The number of anilines is 2. The number of hydrogen-bond donors (Lipinski definition) is 9. The fourth-order valence-electron chi connectivity index (χ4n) is 9.26. The molecule has 4 amide bonds. The van der Waals surface area contributed by atoms with Crippen LogP contribution in [0.5, 0.6) is 0 Å². The van der Waals surface area contributed by atoms with Gasteiger partial charge in [0.1, 0.15) is 11.4 Å². The Morgan fingerprint density at radius 1 is 0.746 bits per heavy atom. The summed E-state index contributed by atoms with van der Waals surface area (Å²) in [5.41, 5.74) is 0.390. The van der Waals surface area contributed by atoms with Crippen LogP contribution in [0.25, 0.3) is 0 Å². The molecular weight excluding hydrogens is 857 g/mol. The van der Waals surface area contributed by atoms with Gasteiger partial charge in [-0.2, -0.15) is 0 Å². The van der Waals surface area contributed by atoms with E-state index in [1.165, 1.54) is 70.6 Å². The van der Waals surface area contributed by atoms with Crippen molar-refractivity contribution in [2.75, 3.05) is 23.7 Å². The summed E-state index contributed by atoms with van der Waals surface area (Å²) in [7, 11) is 0. The number of aliphatic hydroxyl groups excluding tert-OH is 2. The number of carboxylic acid groups (broad SMARTS) is 3. The Morgan fingerprint density at radius 3 is 1.75 bits per heavy atom. The first-order valence-electron chi connectivity index (χ1n) is 20.7. The molecule has 11 atom stereocenters. The van der Waals surface area contributed by atoms with E-state index in [4.69, 9.17) is 0 Å². The smallest absolute Gasteiger partial charge is 0.353 e. The highest BCUT2D eigenvalue weighted by Gasteiger charge is 2.60. The number of fused-ring (bicyclic) bond motifs is 1. The Hall–Kier alpha value is -5.25. The molecule has 7 rings (SSSR count). The molecule has 3 fully saturated rings. The predicted octanol–water partition coefficient (Wildman–Crippen LogP) is 2.57. The van der Waals surface area contributed by atoms with Crippen LogP contribution in [0.15, 0.2) is 69.7 Å². The number of carbonyl (C=O) groups excluding carboxylic acids is 4. The molecule has 5 aliphatic heterocycles. The number of carbonyl (C=O) groups is 7. The molecular formula is C43H50N6O12S2. The number of hydrogen-bond acceptors (Lipinski definition) is 13. The topological polar surface area (TPSA) is 275 Å². The zero-order valence-corrected chi connectivity index (χ0v) is 36.4. The molecule has 63 heavy (non-hydrogen) atoms. The Kier molecular flexibility index (Phi) is 13.4. The molecule has 0 bridgehead atoms. The van der Waals surface area contributed by atoms with Gasteiger partial charge in [0.15, 0.2) is 0 Å². The highest BCUT2D eigenvalue weighted by atomic mass is 32.2. The quantitative estimate of drug-likeness (QED) is 0.116. The number of amides is 4. The standard InChI is InChI=1S/C43H50N6O12S2/c1-18(50)11-30-19(2)35(62-26-14-28(44-16-26)38(53)47-25-10-6-8-23(13-25)41(56)57)33(42(58)59)48(30)39(54)22-7-5-9-24(12-22)46-37(52)29-15-27(17-45-29)63-36-20(3)32-31(21(4)51)40(55)49(32)34(36)43(60)61/h5-10,12-13,18-21,26-32,44-45,50-51H,11,14-17H2,1-4H3,(H,46,52)(H,47,53)(H,56,57)(H,58,59)(H,60,61)/t18-,19+,20+,21+,26-,27-,28-,29+,30+,31+,32+/m0/s1. The molecule has 18 nitrogen and oxygen atoms in total. The number of aromatic carboxylic acids is 1. The van der Waals surface area contributed by atoms with E-state index in [1.807, 2.05) is 6.92 Å². The largest absolute Gasteiger partial charge is 0.478 e. The summed E-state index contributed by atoms with van der Waals surface area (Å²) in [6.45, 7) is 7.42. The van der Waals surface area contributed by atoms with Crippen LogP contribution in [-0.4, -0.2) is 137 Å². The Labute approximate surface area is 370 Å². The fraction of sp³-hybridized carbons (Fsp3) is 0.465. The van der Waals surface area contributed by atoms with Gasteiger partial charge in [-0.1, -0.05) is 26.0 Å². The van der Waals surface area contributed by atoms with Crippen LogP contribution in [0.3, 0.4) is 0 Å². The van der Waals surface area contributed by atoms with Gasteiger partial charge in [-0.3, -0.25) is 24.1 Å². The number of β-lactam (4-membered cyclic amide) rings is 1. The number of nitrogens with one attached hydrogen (secondary N) is 4. The van der Waals surface area contributed by atoms with E-state index in [0.717, 1.165) is 0 Å². The highest BCUT2D eigenvalue weighted by molar-refractivity contribution is 8.04. The third-order valence-electron chi connectivity index (χ3n) is 12.3. The van der Waals surface area contributed by atoms with Crippen molar-refractivity contribution in [3.8, 4) is 0 Å². The van der Waals surface area contributed by atoms with E-state index < -0.39 is 83.8 Å². The molecule has 5 aliphatic rings. The Bertz CT molecular complexity index is 2300. The van der Waals surface area contributed by atoms with Gasteiger partial charge in [0.05, 0.1) is 41.8 Å². The number of benzene rings is 2. The first-order chi connectivity index (χ1) is 29.9. The number of carboxylic acids is 3. The van der Waals surface area contributed by atoms with Crippen molar-refractivity contribution in [1.29, 1.82) is 0 Å². The molecule has 2 aromatic rings. The molecule has 336 valence electrons. The number of rotatable bonds is 15. The van der Waals surface area contributed by atoms with Crippen molar-refractivity contribution in [1.82, 2.24) is 20.4 Å². The lowest BCUT2D eigenvalue weighted by Gasteiger charge is -2.46. The molecule has 9 N–H and O–H groups in total. The number of thioether (sulfide) groups is 2. The van der Waals surface area contributed by atoms with E-state index >= 15 is 0 Å². The normalized spacial score (nSPS) is 28.7. The molecule has 0 unspecified atom stereocenters. The van der Waals surface area contributed by atoms with Crippen molar-refractivity contribution in [3.63, 3.8) is 0 Å². The van der Waals surface area contributed by atoms with Gasteiger partial charge >= 0.3 is 17.9 Å². The molecule has 0 saturated carbocycles. The maximum atomic E-state index is 14.4. The summed E-state index contributed by atoms with van der Waals surface area (Å²) in [6, 6.07) is 9.46. The summed E-state index contributed by atoms with van der Waals surface area (Å²) in [5, 5.41) is 62.1. The van der Waals surface area contributed by atoms with Crippen LogP contribution >= 0.6 is 23.5 Å². The lowest BCUT2D eigenvalue weighted by Crippen LogP contribution is -2.63. The first-order valence-corrected chi connectivity index (χ1v) is 22.4. The van der Waals surface area contributed by atoms with E-state index in [0.29, 0.717) is 41.4 Å². The van der Waals surface area contributed by atoms with Gasteiger partial charge in [0.2, 0.25) is 17.7 Å². The third-order valence-corrected chi connectivity index (χ3v) is 15.3. The van der Waals surface area contributed by atoms with Crippen molar-refractivity contribution < 1.29 is 59.1 Å². The van der Waals surface area contributed by atoms with E-state index in [-0.39, 0.29) is 57.0 Å². The summed E-state index contributed by atoms with van der Waals surface area (Å²) in [5.74, 6) is -7.07. The second kappa shape index (κ2) is 18.5. The molecule has 2 aromatic carbocycles. The highest BCUT2D eigenvalue weighted by Crippen LogP contribution is 2.52. The van der Waals surface area contributed by atoms with Gasteiger partial charge in [-0.25, -0.2) is 14.4 Å². The maximum Gasteiger partial charge on any atom is 0.353 e. The van der Waals surface area contributed by atoms with Crippen molar-refractivity contribution in [3.05, 3.63) is 80.9 Å². The third kappa shape index (κ3) is 9.10. The number of aliphatic carboxylic acids is 2. The Balaban J connectivity index is 1.02. The van der Waals surface area contributed by atoms with Crippen LogP contribution in [0.2, 0.25) is 0 Å². The molecule has 3 saturated heterocycles. The first kappa shape index (κ1) is 45.8. The zero-order chi connectivity index (χ0) is 45.6. The minimum Gasteiger partial charge on any atom is -0.478 e. The summed E-state index contributed by atoms with van der Waals surface area (Å²) >= 11 is 2.57. The monoisotopic (exact) mass is 906 g/mol. The minimum atomic E-state index is -1.34. The van der Waals surface area contributed by atoms with Crippen LogP contribution in [0, 0.1) is 17.8 Å². The maximum absolute atomic E-state index is 14.4. The molecule has 5 heterocycles. The number of aliphatic hydroxyl groups is 2. The SMILES string of the molecule is C[C@H](O)C[C@@H]1[C@@H](C)C(S[C@@H]2CN[C@H](C(=O)Nc3cccc(C(=O)O)c3)C2)=C(C(=O)O)N1C(=O)c1cccc(NC(=O)[C@H]2C[C@H](SC3=C(C(=O)O)N4C(=O)[C@H]([C@@H](C)O)[C@H]4[C@H]3C)CN2)c1. The van der Waals surface area contributed by atoms with Crippen molar-refractivity contribution in [2.24, 2.45) is 17.8 Å². The molecule has 0 aliphatic carbocycles. The van der Waals surface area contributed by atoms with Crippen LogP contribution < -0.4 is 21.3 Å². The van der Waals surface area contributed by atoms with Crippen LogP contribution in [0.1, 0.15) is 67.7 Å². The van der Waals surface area contributed by atoms with Gasteiger partial charge in [-0.05, 0) is 69.5 Å². The molecule has 0 radical (unpaired) electrons. The van der Waals surface area contributed by atoms with Crippen LogP contribution in [-0.2, 0) is 24.0 Å². The minimum absolute atomic E-state index is 0.0176. The lowest BCUT2D eigenvalue weighted by molar-refractivity contribution is -0.163. The van der Waals surface area contributed by atoms with E-state index in [2.05, 4.69) is 21.3 Å². The van der Waals surface area contributed by atoms with Gasteiger partial charge in [-0.15, -0.1) is 23.5 Å². The average molecular weight is 907 g/mol. The summed E-state index contributed by atoms with van der Waals surface area (Å²) in [4.78, 5) is 94.1. The fourth-order valence-corrected chi connectivity index (χ4v) is 12.2. The van der Waals surface area contributed by atoms with Gasteiger partial charge in [0, 0.05) is 68.2 Å². The van der Waals surface area contributed by atoms with Gasteiger partial charge in [0.25, 0.3) is 5.91 Å². The molecule has 20 heteroatoms. The molecule has 0 spiro atoms. The van der Waals surface area contributed by atoms with Crippen LogP contribution in [0.4, 0.5) is 11.4 Å². The summed E-state index contributed by atoms with van der Waals surface area (Å²) in [6.07, 6.45) is -1.10. The van der Waals surface area contributed by atoms with Crippen molar-refractivity contribution in [2.45, 2.75) is 93.8 Å². The van der Waals surface area contributed by atoms with Crippen molar-refractivity contribution >= 4 is 76.4 Å². The average Bonchev–Trinajstić information content (AvgIpc) is 4.00. The lowest BCUT2D eigenvalue weighted by atomic mass is 9.79. The van der Waals surface area contributed by atoms with E-state index in [1.54, 1.807) is 32.0 Å². The van der Waals surface area contributed by atoms with E-state index in [9.17, 15) is 59.1 Å². The Morgan fingerprint density at radius 2 is 1.25 bits per heavy atom. The zero-order valence-electron chi connectivity index (χ0n) is 34.8. The summed E-state index contributed by atoms with van der Waals surface area (Å²) < 4.78 is 0. The molecule has 0 aromatic heterocycles. The van der Waals surface area contributed by atoms with Gasteiger partial charge < -0.3 is 51.7 Å².